The Kier molecular flexibility index (Phi) is 4.61. The Morgan fingerprint density at radius 3 is 2.63 bits per heavy atom. The van der Waals surface area contributed by atoms with Gasteiger partial charge in [-0.1, -0.05) is 29.8 Å². The summed E-state index contributed by atoms with van der Waals surface area (Å²) in [6, 6.07) is 12.7. The molecule has 2 N–H and O–H groups in total. The molecule has 19 heavy (non-hydrogen) atoms. The van der Waals surface area contributed by atoms with Crippen LogP contribution in [-0.4, -0.2) is 5.75 Å². The number of halogens is 1. The van der Waals surface area contributed by atoms with E-state index in [-0.39, 0.29) is 11.9 Å². The van der Waals surface area contributed by atoms with Crippen molar-refractivity contribution in [2.45, 2.75) is 24.8 Å². The van der Waals surface area contributed by atoms with Gasteiger partial charge in [-0.2, -0.15) is 0 Å². The number of nitrogens with two attached hydrogens (primary N) is 1. The van der Waals surface area contributed by atoms with Gasteiger partial charge in [0.25, 0.3) is 0 Å². The topological polar surface area (TPSA) is 26.0 Å². The average molecular weight is 275 g/mol. The molecule has 100 valence electrons. The van der Waals surface area contributed by atoms with Gasteiger partial charge in [0, 0.05) is 16.7 Å². The Morgan fingerprint density at radius 2 is 1.95 bits per heavy atom. The van der Waals surface area contributed by atoms with Crippen molar-refractivity contribution in [1.29, 1.82) is 0 Å². The molecule has 0 bridgehead atoms. The van der Waals surface area contributed by atoms with Crippen molar-refractivity contribution in [2.75, 3.05) is 5.75 Å². The summed E-state index contributed by atoms with van der Waals surface area (Å²) in [7, 11) is 0. The van der Waals surface area contributed by atoms with E-state index in [2.05, 4.69) is 32.0 Å². The maximum Gasteiger partial charge on any atom is 0.123 e. The van der Waals surface area contributed by atoms with Crippen molar-refractivity contribution in [3.05, 3.63) is 65.0 Å². The van der Waals surface area contributed by atoms with Crippen LogP contribution < -0.4 is 5.73 Å². The van der Waals surface area contributed by atoms with E-state index in [0.717, 1.165) is 11.3 Å². The fourth-order valence-electron chi connectivity index (χ4n) is 1.97. The molecule has 1 unspecified atom stereocenters. The van der Waals surface area contributed by atoms with Crippen LogP contribution in [0.2, 0.25) is 0 Å². The summed E-state index contributed by atoms with van der Waals surface area (Å²) in [6.07, 6.45) is 0. The zero-order valence-corrected chi connectivity index (χ0v) is 12.0. The van der Waals surface area contributed by atoms with Crippen LogP contribution in [0.5, 0.6) is 0 Å². The Labute approximate surface area is 118 Å². The SMILES string of the molecule is Cc1ccc(SCC(N)c2cccc(F)c2)c(C)c1. The molecule has 1 nitrogen and oxygen atoms in total. The lowest BCUT2D eigenvalue weighted by atomic mass is 10.1. The lowest BCUT2D eigenvalue weighted by molar-refractivity contribution is 0.622. The molecule has 1 atom stereocenters. The standard InChI is InChI=1S/C16H18FNS/c1-11-6-7-16(12(2)8-11)19-10-15(18)13-4-3-5-14(17)9-13/h3-9,15H,10,18H2,1-2H3. The van der Waals surface area contributed by atoms with Crippen LogP contribution in [0, 0.1) is 19.7 Å². The first-order chi connectivity index (χ1) is 9.06. The molecule has 0 radical (unpaired) electrons. The number of benzene rings is 2. The minimum Gasteiger partial charge on any atom is -0.323 e. The van der Waals surface area contributed by atoms with E-state index in [0.29, 0.717) is 0 Å². The number of aryl methyl sites for hydroxylation is 2. The van der Waals surface area contributed by atoms with Gasteiger partial charge in [-0.25, -0.2) is 4.39 Å². The van der Waals surface area contributed by atoms with Gasteiger partial charge < -0.3 is 5.73 Å². The fourth-order valence-corrected chi connectivity index (χ4v) is 2.98. The Bertz CT molecular complexity index is 568. The largest absolute Gasteiger partial charge is 0.323 e. The monoisotopic (exact) mass is 275 g/mol. The minimum absolute atomic E-state index is 0.151. The van der Waals surface area contributed by atoms with Crippen LogP contribution in [0.3, 0.4) is 0 Å². The number of hydrogen-bond donors (Lipinski definition) is 1. The highest BCUT2D eigenvalue weighted by atomic mass is 32.2. The third kappa shape index (κ3) is 3.82. The second kappa shape index (κ2) is 6.22. The van der Waals surface area contributed by atoms with E-state index >= 15 is 0 Å². The molecule has 0 aliphatic carbocycles. The van der Waals surface area contributed by atoms with Gasteiger partial charge in [-0.3, -0.25) is 0 Å². The molecule has 0 fully saturated rings. The van der Waals surface area contributed by atoms with E-state index in [1.165, 1.54) is 28.2 Å². The molecule has 0 saturated carbocycles. The minimum atomic E-state index is -0.232. The summed E-state index contributed by atoms with van der Waals surface area (Å²) in [5.41, 5.74) is 9.47. The molecule has 0 aliphatic heterocycles. The Hall–Kier alpha value is -1.32. The van der Waals surface area contributed by atoms with Crippen LogP contribution in [0.1, 0.15) is 22.7 Å². The smallest absolute Gasteiger partial charge is 0.123 e. The van der Waals surface area contributed by atoms with Gasteiger partial charge in [0.15, 0.2) is 0 Å². The number of hydrogen-bond acceptors (Lipinski definition) is 2. The molecule has 0 spiro atoms. The van der Waals surface area contributed by atoms with Crippen LogP contribution in [0.25, 0.3) is 0 Å². The molecule has 0 heterocycles. The predicted molar refractivity (Wildman–Crippen MR) is 80.0 cm³/mol. The molecular formula is C16H18FNS. The molecule has 2 aromatic rings. The van der Waals surface area contributed by atoms with E-state index in [4.69, 9.17) is 5.73 Å². The molecule has 0 saturated heterocycles. The average Bonchev–Trinajstić information content (AvgIpc) is 2.37. The van der Waals surface area contributed by atoms with E-state index in [9.17, 15) is 4.39 Å². The third-order valence-electron chi connectivity index (χ3n) is 3.03. The fraction of sp³-hybridized carbons (Fsp3) is 0.250. The molecule has 0 aliphatic rings. The molecule has 3 heteroatoms. The summed E-state index contributed by atoms with van der Waals surface area (Å²) >= 11 is 1.72. The van der Waals surface area contributed by atoms with Gasteiger partial charge >= 0.3 is 0 Å². The maximum atomic E-state index is 13.1. The van der Waals surface area contributed by atoms with Crippen molar-refractivity contribution in [3.8, 4) is 0 Å². The lowest BCUT2D eigenvalue weighted by Gasteiger charge is -2.13. The highest BCUT2D eigenvalue weighted by Gasteiger charge is 2.08. The van der Waals surface area contributed by atoms with Crippen LogP contribution >= 0.6 is 11.8 Å². The van der Waals surface area contributed by atoms with Gasteiger partial charge in [-0.05, 0) is 43.2 Å². The normalized spacial score (nSPS) is 12.4. The first-order valence-electron chi connectivity index (χ1n) is 6.27. The van der Waals surface area contributed by atoms with Crippen molar-refractivity contribution in [3.63, 3.8) is 0 Å². The molecule has 0 amide bonds. The highest BCUT2D eigenvalue weighted by Crippen LogP contribution is 2.27. The quantitative estimate of drug-likeness (QED) is 0.845. The Morgan fingerprint density at radius 1 is 1.16 bits per heavy atom. The van der Waals surface area contributed by atoms with Crippen molar-refractivity contribution < 1.29 is 4.39 Å². The van der Waals surface area contributed by atoms with Crippen molar-refractivity contribution >= 4 is 11.8 Å². The van der Waals surface area contributed by atoms with Gasteiger partial charge in [0.05, 0.1) is 0 Å². The maximum absolute atomic E-state index is 13.1. The zero-order chi connectivity index (χ0) is 13.8. The molecular weight excluding hydrogens is 257 g/mol. The first-order valence-corrected chi connectivity index (χ1v) is 7.26. The second-order valence-corrected chi connectivity index (χ2v) is 5.80. The summed E-state index contributed by atoms with van der Waals surface area (Å²) in [5.74, 6) is 0.511. The van der Waals surface area contributed by atoms with Crippen LogP contribution in [-0.2, 0) is 0 Å². The summed E-state index contributed by atoms with van der Waals surface area (Å²) < 4.78 is 13.1. The molecule has 2 rings (SSSR count). The second-order valence-electron chi connectivity index (χ2n) is 4.74. The highest BCUT2D eigenvalue weighted by molar-refractivity contribution is 7.99. The van der Waals surface area contributed by atoms with Crippen molar-refractivity contribution in [1.82, 2.24) is 0 Å². The summed E-state index contributed by atoms with van der Waals surface area (Å²) in [5, 5.41) is 0. The van der Waals surface area contributed by atoms with Gasteiger partial charge in [0.2, 0.25) is 0 Å². The molecule has 0 aromatic heterocycles. The Balaban J connectivity index is 2.02. The van der Waals surface area contributed by atoms with Crippen LogP contribution in [0.15, 0.2) is 47.4 Å². The zero-order valence-electron chi connectivity index (χ0n) is 11.2. The van der Waals surface area contributed by atoms with Gasteiger partial charge in [-0.15, -0.1) is 11.8 Å². The predicted octanol–water partition coefficient (Wildman–Crippen LogP) is 4.23. The summed E-state index contributed by atoms with van der Waals surface area (Å²) in [4.78, 5) is 1.23. The third-order valence-corrected chi connectivity index (χ3v) is 4.32. The van der Waals surface area contributed by atoms with E-state index in [1.54, 1.807) is 17.8 Å². The first kappa shape index (κ1) is 14.1. The summed E-state index contributed by atoms with van der Waals surface area (Å²) in [6.45, 7) is 4.18. The lowest BCUT2D eigenvalue weighted by Crippen LogP contribution is -2.13. The van der Waals surface area contributed by atoms with Crippen molar-refractivity contribution in [2.24, 2.45) is 5.73 Å². The van der Waals surface area contributed by atoms with Crippen LogP contribution in [0.4, 0.5) is 4.39 Å². The van der Waals surface area contributed by atoms with E-state index in [1.807, 2.05) is 6.07 Å². The molecule has 2 aromatic carbocycles. The number of rotatable bonds is 4. The van der Waals surface area contributed by atoms with Gasteiger partial charge in [0.1, 0.15) is 5.82 Å². The van der Waals surface area contributed by atoms with E-state index < -0.39 is 0 Å². The number of thioether (sulfide) groups is 1.